The van der Waals surface area contributed by atoms with E-state index in [4.69, 9.17) is 9.47 Å². The van der Waals surface area contributed by atoms with Gasteiger partial charge in [-0.3, -0.25) is 0 Å². The van der Waals surface area contributed by atoms with E-state index in [-0.39, 0.29) is 0 Å². The Morgan fingerprint density at radius 2 is 1.82 bits per heavy atom. The van der Waals surface area contributed by atoms with Gasteiger partial charge in [0.15, 0.2) is 0 Å². The van der Waals surface area contributed by atoms with Crippen LogP contribution in [0.3, 0.4) is 0 Å². The Morgan fingerprint density at radius 3 is 2.45 bits per heavy atom. The predicted molar refractivity (Wildman–Crippen MR) is 46.3 cm³/mol. The number of rotatable bonds is 8. The van der Waals surface area contributed by atoms with Crippen molar-refractivity contribution in [1.82, 2.24) is 0 Å². The van der Waals surface area contributed by atoms with Gasteiger partial charge in [0.05, 0.1) is 6.61 Å². The minimum absolute atomic E-state index is 0.821. The van der Waals surface area contributed by atoms with Crippen LogP contribution < -0.4 is 0 Å². The second kappa shape index (κ2) is 9.92. The van der Waals surface area contributed by atoms with Crippen molar-refractivity contribution < 1.29 is 9.47 Å². The molecule has 0 saturated carbocycles. The maximum atomic E-state index is 5.18. The number of hydrogen-bond donors (Lipinski definition) is 0. The molecule has 0 aliphatic heterocycles. The molecular weight excluding hydrogens is 140 g/mol. The summed E-state index contributed by atoms with van der Waals surface area (Å²) < 4.78 is 10.4. The largest absolute Gasteiger partial charge is 0.382 e. The van der Waals surface area contributed by atoms with E-state index in [1.54, 1.807) is 0 Å². The molecule has 0 heterocycles. The first-order valence-corrected chi connectivity index (χ1v) is 4.42. The van der Waals surface area contributed by atoms with Gasteiger partial charge >= 0.3 is 0 Å². The van der Waals surface area contributed by atoms with Crippen LogP contribution in [0.2, 0.25) is 0 Å². The molecular formula is C9H19O2. The average molecular weight is 159 g/mol. The molecule has 2 heteroatoms. The molecule has 67 valence electrons. The highest BCUT2D eigenvalue weighted by atomic mass is 16.5. The van der Waals surface area contributed by atoms with Crippen LogP contribution in [-0.4, -0.2) is 19.8 Å². The normalized spacial score (nSPS) is 10.4. The van der Waals surface area contributed by atoms with Crippen LogP contribution in [0.1, 0.15) is 33.1 Å². The fourth-order valence-electron chi connectivity index (χ4n) is 0.735. The van der Waals surface area contributed by atoms with Gasteiger partial charge in [0.25, 0.3) is 0 Å². The third kappa shape index (κ3) is 9.92. The van der Waals surface area contributed by atoms with Crippen molar-refractivity contribution in [2.75, 3.05) is 19.8 Å². The molecule has 0 aliphatic rings. The molecule has 0 N–H and O–H groups in total. The lowest BCUT2D eigenvalue weighted by Gasteiger charge is -2.01. The summed E-state index contributed by atoms with van der Waals surface area (Å²) in [4.78, 5) is 0. The van der Waals surface area contributed by atoms with Gasteiger partial charge in [0, 0.05) is 19.8 Å². The van der Waals surface area contributed by atoms with Crippen molar-refractivity contribution in [3.05, 3.63) is 6.61 Å². The Labute approximate surface area is 69.9 Å². The van der Waals surface area contributed by atoms with Crippen LogP contribution >= 0.6 is 0 Å². The first-order chi connectivity index (χ1) is 5.41. The van der Waals surface area contributed by atoms with E-state index >= 15 is 0 Å². The van der Waals surface area contributed by atoms with Crippen molar-refractivity contribution in [3.8, 4) is 0 Å². The highest BCUT2D eigenvalue weighted by Crippen LogP contribution is 1.94. The van der Waals surface area contributed by atoms with Gasteiger partial charge in [-0.15, -0.1) is 0 Å². The van der Waals surface area contributed by atoms with Crippen LogP contribution in [0.5, 0.6) is 0 Å². The molecule has 11 heavy (non-hydrogen) atoms. The molecule has 0 saturated heterocycles. The third-order valence-electron chi connectivity index (χ3n) is 1.29. The van der Waals surface area contributed by atoms with E-state index in [0.29, 0.717) is 0 Å². The topological polar surface area (TPSA) is 18.5 Å². The number of ether oxygens (including phenoxy) is 2. The van der Waals surface area contributed by atoms with Gasteiger partial charge in [-0.2, -0.15) is 0 Å². The van der Waals surface area contributed by atoms with Crippen LogP contribution in [0.15, 0.2) is 0 Å². The summed E-state index contributed by atoms with van der Waals surface area (Å²) in [6.45, 7) is 8.46. The van der Waals surface area contributed by atoms with Crippen LogP contribution in [0, 0.1) is 6.61 Å². The molecule has 0 aliphatic carbocycles. The van der Waals surface area contributed by atoms with Crippen molar-refractivity contribution in [1.29, 1.82) is 0 Å². The fourth-order valence-corrected chi connectivity index (χ4v) is 0.735. The lowest BCUT2D eigenvalue weighted by atomic mass is 10.3. The second-order valence-electron chi connectivity index (χ2n) is 2.35. The van der Waals surface area contributed by atoms with E-state index in [9.17, 15) is 0 Å². The summed E-state index contributed by atoms with van der Waals surface area (Å²) in [5, 5.41) is 0. The van der Waals surface area contributed by atoms with Gasteiger partial charge in [-0.1, -0.05) is 6.92 Å². The van der Waals surface area contributed by atoms with Crippen LogP contribution in [-0.2, 0) is 9.47 Å². The molecule has 0 fully saturated rings. The molecule has 2 nitrogen and oxygen atoms in total. The summed E-state index contributed by atoms with van der Waals surface area (Å²) >= 11 is 0. The van der Waals surface area contributed by atoms with Crippen molar-refractivity contribution >= 4 is 0 Å². The third-order valence-corrected chi connectivity index (χ3v) is 1.29. The van der Waals surface area contributed by atoms with Gasteiger partial charge < -0.3 is 9.47 Å². The summed E-state index contributed by atoms with van der Waals surface area (Å²) in [7, 11) is 0. The summed E-state index contributed by atoms with van der Waals surface area (Å²) in [5.41, 5.74) is 0. The van der Waals surface area contributed by atoms with E-state index < -0.39 is 0 Å². The monoisotopic (exact) mass is 159 g/mol. The highest BCUT2D eigenvalue weighted by Gasteiger charge is 1.88. The molecule has 0 spiro atoms. The predicted octanol–water partition coefficient (Wildman–Crippen LogP) is 2.39. The van der Waals surface area contributed by atoms with E-state index in [2.05, 4.69) is 6.92 Å². The Hall–Kier alpha value is -0.0800. The molecule has 0 amide bonds. The summed E-state index contributed by atoms with van der Waals surface area (Å²) in [6, 6.07) is 0. The lowest BCUT2D eigenvalue weighted by Crippen LogP contribution is -1.97. The fraction of sp³-hybridized carbons (Fsp3) is 0.889. The standard InChI is InChI=1S/C9H19O2/c1-3-7-11-9-6-5-8-10-4-2/h7H,3-6,8-9H2,1-2H3. The first-order valence-electron chi connectivity index (χ1n) is 4.42. The van der Waals surface area contributed by atoms with Crippen LogP contribution in [0.25, 0.3) is 0 Å². The molecule has 0 atom stereocenters. The smallest absolute Gasteiger partial charge is 0.0833 e. The van der Waals surface area contributed by atoms with E-state index in [0.717, 1.165) is 39.1 Å². The molecule has 1 radical (unpaired) electrons. The molecule has 0 unspecified atom stereocenters. The van der Waals surface area contributed by atoms with Gasteiger partial charge in [-0.25, -0.2) is 0 Å². The van der Waals surface area contributed by atoms with Gasteiger partial charge in [0.1, 0.15) is 0 Å². The molecule has 0 aromatic heterocycles. The minimum Gasteiger partial charge on any atom is -0.382 e. The van der Waals surface area contributed by atoms with E-state index in [1.807, 2.05) is 13.5 Å². The van der Waals surface area contributed by atoms with E-state index in [1.165, 1.54) is 0 Å². The zero-order chi connectivity index (χ0) is 8.36. The maximum Gasteiger partial charge on any atom is 0.0833 e. The zero-order valence-electron chi connectivity index (χ0n) is 7.64. The first kappa shape index (κ1) is 10.9. The second-order valence-corrected chi connectivity index (χ2v) is 2.35. The van der Waals surface area contributed by atoms with Gasteiger partial charge in [-0.05, 0) is 26.2 Å². The summed E-state index contributed by atoms with van der Waals surface area (Å²) in [5.74, 6) is 0. The van der Waals surface area contributed by atoms with Crippen molar-refractivity contribution in [3.63, 3.8) is 0 Å². The van der Waals surface area contributed by atoms with Crippen molar-refractivity contribution in [2.24, 2.45) is 0 Å². The Morgan fingerprint density at radius 1 is 1.09 bits per heavy atom. The Kier molecular flexibility index (Phi) is 9.85. The molecule has 0 aromatic carbocycles. The summed E-state index contributed by atoms with van der Waals surface area (Å²) in [6.07, 6.45) is 3.19. The number of hydrogen-bond acceptors (Lipinski definition) is 2. The Balaban J connectivity index is 2.69. The maximum absolute atomic E-state index is 5.18. The molecule has 0 aromatic rings. The van der Waals surface area contributed by atoms with Crippen LogP contribution in [0.4, 0.5) is 0 Å². The van der Waals surface area contributed by atoms with Gasteiger partial charge in [0.2, 0.25) is 0 Å². The number of unbranched alkanes of at least 4 members (excludes halogenated alkanes) is 1. The Bertz CT molecular complexity index is 56.6. The van der Waals surface area contributed by atoms with Crippen molar-refractivity contribution in [2.45, 2.75) is 33.1 Å². The quantitative estimate of drug-likeness (QED) is 0.506. The average Bonchev–Trinajstić information content (AvgIpc) is 2.03. The highest BCUT2D eigenvalue weighted by molar-refractivity contribution is 4.45. The molecule has 0 rings (SSSR count). The SMILES string of the molecule is CC[CH]OCCCCOCC. The lowest BCUT2D eigenvalue weighted by molar-refractivity contribution is 0.129. The molecule has 0 bridgehead atoms. The zero-order valence-corrected chi connectivity index (χ0v) is 7.64. The minimum atomic E-state index is 0.821.